The van der Waals surface area contributed by atoms with E-state index in [1.54, 1.807) is 6.07 Å². The molecule has 1 aromatic carbocycles. The van der Waals surface area contributed by atoms with Gasteiger partial charge in [0.25, 0.3) is 0 Å². The number of carbonyl (C=O) groups is 1. The molecule has 0 spiro atoms. The first-order valence-corrected chi connectivity index (χ1v) is 7.68. The quantitative estimate of drug-likeness (QED) is 0.833. The minimum absolute atomic E-state index is 0.0424. The van der Waals surface area contributed by atoms with Crippen LogP contribution in [0.2, 0.25) is 5.02 Å². The molecule has 3 heteroatoms. The number of carbonyl (C=O) groups excluding carboxylic acids is 1. The zero-order valence-corrected chi connectivity index (χ0v) is 11.8. The van der Waals surface area contributed by atoms with Gasteiger partial charge in [0, 0.05) is 11.6 Å². The summed E-state index contributed by atoms with van der Waals surface area (Å²) >= 11 is 6.13. The lowest BCUT2D eigenvalue weighted by Crippen LogP contribution is -2.52. The fourth-order valence-electron chi connectivity index (χ4n) is 3.55. The molecule has 102 valence electrons. The first-order valence-electron chi connectivity index (χ1n) is 7.30. The first kappa shape index (κ1) is 13.1. The van der Waals surface area contributed by atoms with Crippen molar-refractivity contribution in [3.8, 4) is 0 Å². The van der Waals surface area contributed by atoms with Crippen molar-refractivity contribution in [3.05, 3.63) is 34.9 Å². The number of fused-ring (bicyclic) bond motifs is 1. The second-order valence-electron chi connectivity index (χ2n) is 5.79. The molecule has 1 aliphatic heterocycles. The zero-order valence-electron chi connectivity index (χ0n) is 11.1. The maximum atomic E-state index is 12.5. The van der Waals surface area contributed by atoms with Crippen molar-refractivity contribution in [3.63, 3.8) is 0 Å². The van der Waals surface area contributed by atoms with Gasteiger partial charge in [0.05, 0.1) is 11.1 Å². The van der Waals surface area contributed by atoms with E-state index in [9.17, 15) is 4.79 Å². The number of Topliss-reactive ketones (excluding diaryl/α,β-unsaturated/α-hetero) is 1. The third-order valence-electron chi connectivity index (χ3n) is 4.61. The van der Waals surface area contributed by atoms with Gasteiger partial charge in [-0.3, -0.25) is 4.79 Å². The van der Waals surface area contributed by atoms with E-state index in [4.69, 9.17) is 11.6 Å². The van der Waals surface area contributed by atoms with Crippen LogP contribution in [0.3, 0.4) is 0 Å². The highest BCUT2D eigenvalue weighted by atomic mass is 35.5. The minimum atomic E-state index is -0.0424. The lowest BCUT2D eigenvalue weighted by Gasteiger charge is -2.40. The van der Waals surface area contributed by atoms with Gasteiger partial charge in [0.1, 0.15) is 0 Å². The Morgan fingerprint density at radius 2 is 1.89 bits per heavy atom. The summed E-state index contributed by atoms with van der Waals surface area (Å²) in [4.78, 5) is 12.5. The van der Waals surface area contributed by atoms with Gasteiger partial charge in [0.2, 0.25) is 0 Å². The molecule has 2 aliphatic rings. The summed E-state index contributed by atoms with van der Waals surface area (Å²) < 4.78 is 0. The highest BCUT2D eigenvalue weighted by Gasteiger charge is 2.34. The van der Waals surface area contributed by atoms with E-state index in [-0.39, 0.29) is 11.8 Å². The van der Waals surface area contributed by atoms with Crippen LogP contribution in [0.15, 0.2) is 24.3 Å². The van der Waals surface area contributed by atoms with Crippen LogP contribution < -0.4 is 5.32 Å². The van der Waals surface area contributed by atoms with Crippen LogP contribution in [-0.4, -0.2) is 17.9 Å². The van der Waals surface area contributed by atoms with Crippen molar-refractivity contribution in [2.75, 3.05) is 0 Å². The van der Waals surface area contributed by atoms with Gasteiger partial charge in [-0.1, -0.05) is 36.6 Å². The number of hydrogen-bond donors (Lipinski definition) is 1. The Bertz CT molecular complexity index is 474. The Labute approximate surface area is 119 Å². The Balaban J connectivity index is 1.73. The first-order chi connectivity index (χ1) is 9.25. The summed E-state index contributed by atoms with van der Waals surface area (Å²) in [5, 5.41) is 4.14. The van der Waals surface area contributed by atoms with Gasteiger partial charge >= 0.3 is 0 Å². The monoisotopic (exact) mass is 277 g/mol. The maximum Gasteiger partial charge on any atom is 0.181 e. The molecule has 2 nitrogen and oxygen atoms in total. The number of benzene rings is 1. The second kappa shape index (κ2) is 5.64. The molecule has 1 aliphatic carbocycles. The van der Waals surface area contributed by atoms with Gasteiger partial charge in [-0.2, -0.15) is 0 Å². The van der Waals surface area contributed by atoms with Crippen molar-refractivity contribution in [2.24, 2.45) is 5.92 Å². The summed E-state index contributed by atoms with van der Waals surface area (Å²) in [6.45, 7) is 0. The van der Waals surface area contributed by atoms with E-state index >= 15 is 0 Å². The lowest BCUT2D eigenvalue weighted by atomic mass is 9.77. The van der Waals surface area contributed by atoms with Crippen molar-refractivity contribution < 1.29 is 4.79 Å². The topological polar surface area (TPSA) is 29.1 Å². The summed E-state index contributed by atoms with van der Waals surface area (Å²) in [5.74, 6) is 0.943. The molecule has 1 saturated carbocycles. The smallest absolute Gasteiger partial charge is 0.181 e. The number of piperidine rings is 1. The molecule has 3 unspecified atom stereocenters. The van der Waals surface area contributed by atoms with Crippen molar-refractivity contribution in [1.82, 2.24) is 5.32 Å². The molecule has 1 aromatic rings. The van der Waals surface area contributed by atoms with E-state index in [0.29, 0.717) is 16.6 Å². The zero-order chi connectivity index (χ0) is 13.2. The van der Waals surface area contributed by atoms with Gasteiger partial charge in [-0.05, 0) is 43.7 Å². The third kappa shape index (κ3) is 2.70. The number of hydrogen-bond acceptors (Lipinski definition) is 2. The summed E-state index contributed by atoms with van der Waals surface area (Å²) in [7, 11) is 0. The molecule has 0 aromatic heterocycles. The van der Waals surface area contributed by atoms with Gasteiger partial charge in [-0.15, -0.1) is 0 Å². The predicted octanol–water partition coefficient (Wildman–Crippen LogP) is 3.83. The van der Waals surface area contributed by atoms with Crippen molar-refractivity contribution >= 4 is 17.4 Å². The third-order valence-corrected chi connectivity index (χ3v) is 4.94. The maximum absolute atomic E-state index is 12.5. The Hall–Kier alpha value is -0.860. The Kier molecular flexibility index (Phi) is 3.90. The van der Waals surface area contributed by atoms with Crippen molar-refractivity contribution in [2.45, 2.75) is 50.6 Å². The molecule has 0 bridgehead atoms. The molecule has 2 fully saturated rings. The molecular formula is C16H20ClNO. The van der Waals surface area contributed by atoms with E-state index < -0.39 is 0 Å². The van der Waals surface area contributed by atoms with Crippen LogP contribution in [0, 0.1) is 5.92 Å². The fraction of sp³-hybridized carbons (Fsp3) is 0.562. The van der Waals surface area contributed by atoms with Crippen LogP contribution in [0.4, 0.5) is 0 Å². The van der Waals surface area contributed by atoms with Crippen LogP contribution in [0.25, 0.3) is 0 Å². The molecular weight excluding hydrogens is 258 g/mol. The minimum Gasteiger partial charge on any atom is -0.304 e. The molecule has 1 N–H and O–H groups in total. The number of ketones is 1. The van der Waals surface area contributed by atoms with E-state index in [1.807, 2.05) is 18.2 Å². The van der Waals surface area contributed by atoms with E-state index in [1.165, 1.54) is 32.1 Å². The van der Waals surface area contributed by atoms with Crippen LogP contribution in [0.5, 0.6) is 0 Å². The Morgan fingerprint density at radius 1 is 1.11 bits per heavy atom. The SMILES string of the molecule is O=C(c1ccccc1Cl)C1CCC2CCCCC2N1. The number of nitrogens with one attached hydrogen (secondary N) is 1. The average Bonchev–Trinajstić information content (AvgIpc) is 2.46. The molecule has 3 atom stereocenters. The molecule has 1 heterocycles. The van der Waals surface area contributed by atoms with Crippen LogP contribution in [-0.2, 0) is 0 Å². The molecule has 19 heavy (non-hydrogen) atoms. The molecule has 1 saturated heterocycles. The second-order valence-corrected chi connectivity index (χ2v) is 6.20. The van der Waals surface area contributed by atoms with E-state index in [2.05, 4.69) is 5.32 Å². The highest BCUT2D eigenvalue weighted by molar-refractivity contribution is 6.34. The van der Waals surface area contributed by atoms with Gasteiger partial charge in [-0.25, -0.2) is 0 Å². The summed E-state index contributed by atoms with van der Waals surface area (Å²) in [6.07, 6.45) is 7.32. The van der Waals surface area contributed by atoms with Crippen molar-refractivity contribution in [1.29, 1.82) is 0 Å². The average molecular weight is 278 g/mol. The summed E-state index contributed by atoms with van der Waals surface area (Å²) in [5.41, 5.74) is 0.663. The standard InChI is InChI=1S/C16H20ClNO/c17-13-7-3-2-6-12(13)16(19)15-10-9-11-5-1-4-8-14(11)18-15/h2-3,6-7,11,14-15,18H,1,4-5,8-10H2. The Morgan fingerprint density at radius 3 is 2.74 bits per heavy atom. The molecule has 3 rings (SSSR count). The summed E-state index contributed by atoms with van der Waals surface area (Å²) in [6, 6.07) is 7.87. The molecule has 0 radical (unpaired) electrons. The van der Waals surface area contributed by atoms with Crippen LogP contribution in [0.1, 0.15) is 48.9 Å². The van der Waals surface area contributed by atoms with Gasteiger partial charge < -0.3 is 5.32 Å². The van der Waals surface area contributed by atoms with E-state index in [0.717, 1.165) is 12.3 Å². The largest absolute Gasteiger partial charge is 0.304 e. The normalized spacial score (nSPS) is 30.7. The lowest BCUT2D eigenvalue weighted by molar-refractivity contribution is 0.0861. The molecule has 0 amide bonds. The van der Waals surface area contributed by atoms with Crippen LogP contribution >= 0.6 is 11.6 Å². The number of halogens is 1. The fourth-order valence-corrected chi connectivity index (χ4v) is 3.78. The van der Waals surface area contributed by atoms with Gasteiger partial charge in [0.15, 0.2) is 5.78 Å². The number of rotatable bonds is 2. The predicted molar refractivity (Wildman–Crippen MR) is 77.7 cm³/mol. The highest BCUT2D eigenvalue weighted by Crippen LogP contribution is 2.33.